The molecule has 0 N–H and O–H groups in total. The molecule has 4 rings (SSSR count). The summed E-state index contributed by atoms with van der Waals surface area (Å²) < 4.78 is 13.4. The molecule has 0 spiro atoms. The summed E-state index contributed by atoms with van der Waals surface area (Å²) in [4.78, 5) is 2.22. The Kier molecular flexibility index (Phi) is 7.12. The lowest BCUT2D eigenvalue weighted by Gasteiger charge is -2.52. The Morgan fingerprint density at radius 2 is 1.35 bits per heavy atom. The molecular weight excluding hydrogens is 381 g/mol. The summed E-state index contributed by atoms with van der Waals surface area (Å²) in [6.07, 6.45) is 0.845. The molecule has 31 heavy (non-hydrogen) atoms. The second-order valence-electron chi connectivity index (χ2n) is 7.97. The van der Waals surface area contributed by atoms with Crippen molar-refractivity contribution in [3.05, 3.63) is 120 Å². The van der Waals surface area contributed by atoms with Gasteiger partial charge in [-0.25, -0.2) is 4.39 Å². The summed E-state index contributed by atoms with van der Waals surface area (Å²) in [5, 5.41) is 0. The van der Waals surface area contributed by atoms with E-state index >= 15 is 0 Å². The Balaban J connectivity index is 0.00000132. The summed E-state index contributed by atoms with van der Waals surface area (Å²) in [6, 6.07) is 24.0. The van der Waals surface area contributed by atoms with E-state index < -0.39 is 0 Å². The maximum Gasteiger partial charge on any atom is 0.123 e. The lowest BCUT2D eigenvalue weighted by molar-refractivity contribution is 0.378. The second kappa shape index (κ2) is 9.78. The predicted octanol–water partition coefficient (Wildman–Crippen LogP) is 8.26. The standard InChI is InChI=1S/C27H26FN.C2H6/c1-18-5-9-22(10-6-18)20(3)17-26-21(4)29(25-15-13-24(28)14-16-25)27(26)23-11-7-19(2)8-12-23;1-2/h5-16,26-27H,3-4,17H2,1-2H3;1-2H3. The fraction of sp³-hybridized carbons (Fsp3) is 0.241. The lowest BCUT2D eigenvalue weighted by atomic mass is 9.75. The van der Waals surface area contributed by atoms with Crippen molar-refractivity contribution < 1.29 is 4.39 Å². The number of benzene rings is 3. The number of allylic oxidation sites excluding steroid dienone is 1. The number of nitrogens with zero attached hydrogens (tertiary/aromatic N) is 1. The van der Waals surface area contributed by atoms with Crippen LogP contribution in [0.1, 0.15) is 48.6 Å². The summed E-state index contributed by atoms with van der Waals surface area (Å²) in [5.74, 6) is 0.0348. The van der Waals surface area contributed by atoms with Gasteiger partial charge in [-0.15, -0.1) is 0 Å². The number of hydrogen-bond acceptors (Lipinski definition) is 1. The molecule has 3 aromatic rings. The van der Waals surface area contributed by atoms with Gasteiger partial charge in [0.05, 0.1) is 6.04 Å². The molecule has 1 nitrogen and oxygen atoms in total. The van der Waals surface area contributed by atoms with E-state index in [1.807, 2.05) is 26.0 Å². The quantitative estimate of drug-likeness (QED) is 0.407. The maximum atomic E-state index is 13.4. The first kappa shape index (κ1) is 22.6. The van der Waals surface area contributed by atoms with Gasteiger partial charge in [0.25, 0.3) is 0 Å². The minimum absolute atomic E-state index is 0.163. The maximum absolute atomic E-state index is 13.4. The summed E-state index contributed by atoms with van der Waals surface area (Å²) in [6.45, 7) is 16.9. The Hall–Kier alpha value is -3.13. The molecule has 2 atom stereocenters. The predicted molar refractivity (Wildman–Crippen MR) is 132 cm³/mol. The molecule has 1 aliphatic rings. The molecule has 1 heterocycles. The topological polar surface area (TPSA) is 3.24 Å². The van der Waals surface area contributed by atoms with Gasteiger partial charge < -0.3 is 4.90 Å². The van der Waals surface area contributed by atoms with E-state index in [1.54, 1.807) is 0 Å². The van der Waals surface area contributed by atoms with E-state index in [4.69, 9.17) is 0 Å². The second-order valence-corrected chi connectivity index (χ2v) is 7.97. The average Bonchev–Trinajstić information content (AvgIpc) is 2.79. The third-order valence-electron chi connectivity index (χ3n) is 5.85. The highest BCUT2D eigenvalue weighted by molar-refractivity contribution is 5.68. The molecule has 0 aliphatic carbocycles. The summed E-state index contributed by atoms with van der Waals surface area (Å²) in [7, 11) is 0. The van der Waals surface area contributed by atoms with Crippen molar-refractivity contribution in [3.63, 3.8) is 0 Å². The van der Waals surface area contributed by atoms with Crippen molar-refractivity contribution in [2.24, 2.45) is 5.92 Å². The number of rotatable bonds is 5. The van der Waals surface area contributed by atoms with Crippen LogP contribution in [0.25, 0.3) is 5.57 Å². The zero-order valence-corrected chi connectivity index (χ0v) is 19.0. The first-order chi connectivity index (χ1) is 14.9. The largest absolute Gasteiger partial charge is 0.337 e. The van der Waals surface area contributed by atoms with Crippen LogP contribution in [0.3, 0.4) is 0 Å². The number of hydrogen-bond donors (Lipinski definition) is 0. The number of anilines is 1. The molecule has 1 aliphatic heterocycles. The Morgan fingerprint density at radius 3 is 1.90 bits per heavy atom. The fourth-order valence-electron chi connectivity index (χ4n) is 4.11. The average molecular weight is 414 g/mol. The highest BCUT2D eigenvalue weighted by Gasteiger charge is 2.43. The molecular formula is C29H32FN. The molecule has 1 fully saturated rings. The van der Waals surface area contributed by atoms with Crippen LogP contribution in [0.15, 0.2) is 91.7 Å². The molecule has 0 bridgehead atoms. The van der Waals surface area contributed by atoms with Gasteiger partial charge in [-0.1, -0.05) is 86.7 Å². The third-order valence-corrected chi connectivity index (χ3v) is 5.85. The fourth-order valence-corrected chi connectivity index (χ4v) is 4.11. The van der Waals surface area contributed by atoms with Crippen molar-refractivity contribution >= 4 is 11.3 Å². The van der Waals surface area contributed by atoms with E-state index in [0.717, 1.165) is 23.4 Å². The SMILES string of the molecule is C=C(CC1C(=C)N(c2ccc(F)cc2)C1c1ccc(C)cc1)c1ccc(C)cc1.CC. The highest BCUT2D eigenvalue weighted by Crippen LogP contribution is 2.52. The molecule has 1 saturated heterocycles. The van der Waals surface area contributed by atoms with Crippen molar-refractivity contribution in [2.45, 2.75) is 40.2 Å². The van der Waals surface area contributed by atoms with Crippen LogP contribution in [-0.4, -0.2) is 0 Å². The lowest BCUT2D eigenvalue weighted by Crippen LogP contribution is -2.47. The van der Waals surface area contributed by atoms with E-state index in [0.29, 0.717) is 0 Å². The minimum Gasteiger partial charge on any atom is -0.337 e. The van der Waals surface area contributed by atoms with Crippen LogP contribution in [-0.2, 0) is 0 Å². The van der Waals surface area contributed by atoms with Gasteiger partial charge in [0.2, 0.25) is 0 Å². The Morgan fingerprint density at radius 1 is 0.839 bits per heavy atom. The van der Waals surface area contributed by atoms with E-state index in [2.05, 4.69) is 80.4 Å². The zero-order chi connectivity index (χ0) is 22.5. The molecule has 2 heteroatoms. The molecule has 0 radical (unpaired) electrons. The van der Waals surface area contributed by atoms with Crippen LogP contribution in [0.4, 0.5) is 10.1 Å². The highest BCUT2D eigenvalue weighted by atomic mass is 19.1. The Bertz CT molecular complexity index is 1030. The molecule has 0 aromatic heterocycles. The third kappa shape index (κ3) is 4.80. The summed E-state index contributed by atoms with van der Waals surface area (Å²) >= 11 is 0. The molecule has 3 aromatic carbocycles. The first-order valence-electron chi connectivity index (χ1n) is 11.0. The summed E-state index contributed by atoms with van der Waals surface area (Å²) in [5.41, 5.74) is 8.04. The van der Waals surface area contributed by atoms with Gasteiger partial charge in [0.1, 0.15) is 5.82 Å². The van der Waals surface area contributed by atoms with E-state index in [-0.39, 0.29) is 17.8 Å². The van der Waals surface area contributed by atoms with Gasteiger partial charge in [-0.05, 0) is 61.2 Å². The molecule has 160 valence electrons. The van der Waals surface area contributed by atoms with Crippen molar-refractivity contribution in [1.82, 2.24) is 0 Å². The van der Waals surface area contributed by atoms with Crippen LogP contribution in [0.2, 0.25) is 0 Å². The zero-order valence-electron chi connectivity index (χ0n) is 19.0. The smallest absolute Gasteiger partial charge is 0.123 e. The number of aryl methyl sites for hydroxylation is 2. The van der Waals surface area contributed by atoms with Crippen LogP contribution in [0, 0.1) is 25.6 Å². The van der Waals surface area contributed by atoms with Crippen molar-refractivity contribution in [2.75, 3.05) is 4.90 Å². The molecule has 0 saturated carbocycles. The normalized spacial score (nSPS) is 17.5. The Labute approximate surface area is 186 Å². The van der Waals surface area contributed by atoms with Crippen LogP contribution >= 0.6 is 0 Å². The monoisotopic (exact) mass is 413 g/mol. The molecule has 2 unspecified atom stereocenters. The van der Waals surface area contributed by atoms with E-state index in [1.165, 1.54) is 34.4 Å². The van der Waals surface area contributed by atoms with Crippen LogP contribution < -0.4 is 4.90 Å². The van der Waals surface area contributed by atoms with E-state index in [9.17, 15) is 4.39 Å². The van der Waals surface area contributed by atoms with Gasteiger partial charge in [-0.3, -0.25) is 0 Å². The van der Waals surface area contributed by atoms with Gasteiger partial charge in [0.15, 0.2) is 0 Å². The molecule has 0 amide bonds. The first-order valence-corrected chi connectivity index (χ1v) is 11.0. The van der Waals surface area contributed by atoms with Gasteiger partial charge in [-0.2, -0.15) is 0 Å². The van der Waals surface area contributed by atoms with Crippen molar-refractivity contribution in [3.8, 4) is 0 Å². The van der Waals surface area contributed by atoms with Crippen LogP contribution in [0.5, 0.6) is 0 Å². The minimum atomic E-state index is -0.226. The van der Waals surface area contributed by atoms with Crippen molar-refractivity contribution in [1.29, 1.82) is 0 Å². The number of halogens is 1. The van der Waals surface area contributed by atoms with Gasteiger partial charge >= 0.3 is 0 Å². The van der Waals surface area contributed by atoms with Gasteiger partial charge in [0, 0.05) is 17.3 Å².